The van der Waals surface area contributed by atoms with Crippen LogP contribution in [-0.4, -0.2) is 43.2 Å². The summed E-state index contributed by atoms with van der Waals surface area (Å²) in [6.45, 7) is 5.27. The average molecular weight is 493 g/mol. The number of nitrogens with one attached hydrogen (secondary N) is 2. The largest absolute Gasteiger partial charge is 0.339 e. The fraction of sp³-hybridized carbons (Fsp3) is 0.280. The minimum atomic E-state index is -0.519. The molecule has 1 aromatic carbocycles. The molecule has 0 atom stereocenters. The fourth-order valence-corrected chi connectivity index (χ4v) is 5.38. The number of rotatable bonds is 3. The van der Waals surface area contributed by atoms with Crippen molar-refractivity contribution in [3.05, 3.63) is 78.8 Å². The topological polar surface area (TPSA) is 99.8 Å². The van der Waals surface area contributed by atoms with E-state index >= 15 is 0 Å². The molecule has 1 aromatic heterocycles. The minimum absolute atomic E-state index is 0.0446. The first-order valence-corrected chi connectivity index (χ1v) is 12.3. The summed E-state index contributed by atoms with van der Waals surface area (Å²) in [4.78, 5) is 31.4. The Labute approximate surface area is 204 Å². The monoisotopic (exact) mass is 492 g/mol. The third kappa shape index (κ3) is 4.37. The van der Waals surface area contributed by atoms with Gasteiger partial charge in [-0.15, -0.1) is 0 Å². The summed E-state index contributed by atoms with van der Waals surface area (Å²) in [6, 6.07) is 8.19. The van der Waals surface area contributed by atoms with Gasteiger partial charge in [0.05, 0.1) is 5.22 Å². The number of aryl methyl sites for hydroxylation is 1. The predicted molar refractivity (Wildman–Crippen MR) is 132 cm³/mol. The zero-order chi connectivity index (χ0) is 24.7. The SMILES string of the molecule is Cc1cc(/C=c2/c(=O)nc3s/c(=C/C(=O)N4CCCCC4)[nH]n-3c2=N)c(C)n1-c1cccc(F)c1. The minimum Gasteiger partial charge on any atom is -0.339 e. The number of carbonyl (C=O) groups excluding carboxylic acids is 1. The molecule has 4 heterocycles. The van der Waals surface area contributed by atoms with E-state index in [-0.39, 0.29) is 22.4 Å². The van der Waals surface area contributed by atoms with Crippen molar-refractivity contribution < 1.29 is 9.18 Å². The van der Waals surface area contributed by atoms with E-state index in [9.17, 15) is 14.0 Å². The number of halogens is 1. The van der Waals surface area contributed by atoms with Crippen LogP contribution in [0.4, 0.5) is 4.39 Å². The van der Waals surface area contributed by atoms with Crippen LogP contribution in [0.3, 0.4) is 0 Å². The van der Waals surface area contributed by atoms with Crippen LogP contribution in [-0.2, 0) is 4.79 Å². The number of H-pyrrole nitrogens is 1. The number of nitrogens with zero attached hydrogens (tertiary/aromatic N) is 4. The Balaban J connectivity index is 1.59. The smallest absolute Gasteiger partial charge is 0.283 e. The van der Waals surface area contributed by atoms with Gasteiger partial charge < -0.3 is 9.47 Å². The Kier molecular flexibility index (Phi) is 5.98. The van der Waals surface area contributed by atoms with Crippen molar-refractivity contribution >= 4 is 29.4 Å². The van der Waals surface area contributed by atoms with E-state index in [4.69, 9.17) is 5.41 Å². The number of amides is 1. The molecule has 2 N–H and O–H groups in total. The average Bonchev–Trinajstić information content (AvgIpc) is 3.36. The van der Waals surface area contributed by atoms with Gasteiger partial charge >= 0.3 is 0 Å². The van der Waals surface area contributed by atoms with E-state index in [1.807, 2.05) is 35.4 Å². The maximum absolute atomic E-state index is 13.8. The van der Waals surface area contributed by atoms with E-state index in [0.29, 0.717) is 15.5 Å². The molecule has 0 radical (unpaired) electrons. The van der Waals surface area contributed by atoms with Crippen molar-refractivity contribution in [3.63, 3.8) is 0 Å². The number of aromatic nitrogens is 4. The molecular weight excluding hydrogens is 467 g/mol. The van der Waals surface area contributed by atoms with Crippen molar-refractivity contribution in [1.82, 2.24) is 24.2 Å². The van der Waals surface area contributed by atoms with E-state index in [1.54, 1.807) is 12.1 Å². The van der Waals surface area contributed by atoms with Gasteiger partial charge in [0.15, 0.2) is 5.49 Å². The molecule has 1 fully saturated rings. The van der Waals surface area contributed by atoms with Crippen LogP contribution in [0, 0.1) is 25.1 Å². The Hall–Kier alpha value is -3.79. The summed E-state index contributed by atoms with van der Waals surface area (Å²) in [5.41, 5.74) is 2.54. The summed E-state index contributed by atoms with van der Waals surface area (Å²) in [5, 5.41) is 12.1. The number of aromatic amines is 1. The summed E-state index contributed by atoms with van der Waals surface area (Å²) in [7, 11) is 0. The number of hydrogen-bond donors (Lipinski definition) is 2. The number of hydrogen-bond acceptors (Lipinski definition) is 5. The molecule has 180 valence electrons. The van der Waals surface area contributed by atoms with E-state index in [2.05, 4.69) is 10.1 Å². The van der Waals surface area contributed by atoms with E-state index < -0.39 is 5.56 Å². The molecule has 1 amide bonds. The summed E-state index contributed by atoms with van der Waals surface area (Å²) in [6.07, 6.45) is 6.28. The van der Waals surface area contributed by atoms with Crippen molar-refractivity contribution in [2.24, 2.45) is 0 Å². The third-order valence-corrected chi connectivity index (χ3v) is 7.17. The molecule has 0 saturated carbocycles. The van der Waals surface area contributed by atoms with Gasteiger partial charge in [-0.1, -0.05) is 17.4 Å². The van der Waals surface area contributed by atoms with Crippen LogP contribution in [0.2, 0.25) is 0 Å². The first-order valence-electron chi connectivity index (χ1n) is 11.5. The second-order valence-corrected chi connectivity index (χ2v) is 9.70. The van der Waals surface area contributed by atoms with Gasteiger partial charge in [0.2, 0.25) is 11.0 Å². The van der Waals surface area contributed by atoms with Gasteiger partial charge in [0.25, 0.3) is 5.56 Å². The molecule has 35 heavy (non-hydrogen) atoms. The lowest BCUT2D eigenvalue weighted by Crippen LogP contribution is -2.47. The maximum Gasteiger partial charge on any atom is 0.283 e. The highest BCUT2D eigenvalue weighted by atomic mass is 32.1. The molecular formula is C25H25FN6O2S. The highest BCUT2D eigenvalue weighted by Crippen LogP contribution is 2.21. The molecule has 8 nitrogen and oxygen atoms in total. The zero-order valence-electron chi connectivity index (χ0n) is 19.5. The molecule has 0 spiro atoms. The summed E-state index contributed by atoms with van der Waals surface area (Å²) >= 11 is 1.16. The van der Waals surface area contributed by atoms with Crippen molar-refractivity contribution in [3.8, 4) is 10.8 Å². The lowest BCUT2D eigenvalue weighted by atomic mass is 10.1. The highest BCUT2D eigenvalue weighted by molar-refractivity contribution is 7.11. The zero-order valence-corrected chi connectivity index (χ0v) is 20.3. The predicted octanol–water partition coefficient (Wildman–Crippen LogP) is 1.71. The fourth-order valence-electron chi connectivity index (χ4n) is 4.53. The quantitative estimate of drug-likeness (QED) is 0.455. The number of fused-ring (bicyclic) bond motifs is 1. The van der Waals surface area contributed by atoms with Crippen LogP contribution in [0.5, 0.6) is 0 Å². The van der Waals surface area contributed by atoms with Crippen LogP contribution < -0.4 is 20.9 Å². The standard InChI is InChI=1S/C25H25FN6O2S/c1-15-11-17(16(2)31(15)19-8-6-7-18(26)13-19)12-20-23(27)32-25(28-24(20)34)35-21(29-32)14-22(33)30-9-4-3-5-10-30/h6-8,11-14,27,29H,3-5,9-10H2,1-2H3/b20-12+,21-14+,27-23?. The Morgan fingerprint density at radius 2 is 1.97 bits per heavy atom. The second kappa shape index (κ2) is 9.10. The van der Waals surface area contributed by atoms with Crippen molar-refractivity contribution in [2.45, 2.75) is 33.1 Å². The number of likely N-dealkylation sites (tertiary alicyclic amines) is 1. The lowest BCUT2D eigenvalue weighted by molar-refractivity contribution is -0.125. The van der Waals surface area contributed by atoms with Crippen molar-refractivity contribution in [2.75, 3.05) is 13.1 Å². The van der Waals surface area contributed by atoms with Gasteiger partial charge in [0.1, 0.15) is 10.5 Å². The second-order valence-electron chi connectivity index (χ2n) is 8.69. The van der Waals surface area contributed by atoms with Gasteiger partial charge in [-0.05, 0) is 69.0 Å². The maximum atomic E-state index is 13.8. The van der Waals surface area contributed by atoms with Gasteiger partial charge in [0, 0.05) is 36.2 Å². The third-order valence-electron chi connectivity index (χ3n) is 6.28. The highest BCUT2D eigenvalue weighted by Gasteiger charge is 2.16. The van der Waals surface area contributed by atoms with Crippen LogP contribution in [0.25, 0.3) is 23.0 Å². The first kappa shape index (κ1) is 23.0. The number of piperidine rings is 1. The summed E-state index contributed by atoms with van der Waals surface area (Å²) in [5.74, 6) is -0.417. The van der Waals surface area contributed by atoms with Crippen molar-refractivity contribution in [1.29, 1.82) is 5.41 Å². The van der Waals surface area contributed by atoms with E-state index in [0.717, 1.165) is 60.6 Å². The van der Waals surface area contributed by atoms with Crippen LogP contribution >= 0.6 is 11.3 Å². The Morgan fingerprint density at radius 3 is 2.71 bits per heavy atom. The van der Waals surface area contributed by atoms with Crippen LogP contribution in [0.1, 0.15) is 36.2 Å². The molecule has 3 aliphatic rings. The molecule has 3 aliphatic heterocycles. The normalized spacial score (nSPS) is 15.3. The Morgan fingerprint density at radius 1 is 1.20 bits per heavy atom. The van der Waals surface area contributed by atoms with Crippen LogP contribution in [0.15, 0.2) is 35.1 Å². The first-order chi connectivity index (χ1) is 16.8. The van der Waals surface area contributed by atoms with Gasteiger partial charge in [-0.2, -0.15) is 4.98 Å². The molecule has 0 aliphatic carbocycles. The van der Waals surface area contributed by atoms with Gasteiger partial charge in [-0.3, -0.25) is 20.1 Å². The molecule has 1 saturated heterocycles. The molecule has 2 aromatic rings. The molecule has 0 bridgehead atoms. The molecule has 0 unspecified atom stereocenters. The molecule has 5 rings (SSSR count). The van der Waals surface area contributed by atoms with E-state index in [1.165, 1.54) is 22.9 Å². The summed E-state index contributed by atoms with van der Waals surface area (Å²) < 4.78 is 17.6. The Bertz CT molecular complexity index is 1640. The lowest BCUT2D eigenvalue weighted by Gasteiger charge is -2.25. The number of carbonyl (C=O) groups is 1. The number of benzene rings is 1. The van der Waals surface area contributed by atoms with Gasteiger partial charge in [-0.25, -0.2) is 9.07 Å². The molecule has 10 heteroatoms.